The summed E-state index contributed by atoms with van der Waals surface area (Å²) in [5.41, 5.74) is 0. The monoisotopic (exact) mass is 256 g/mol. The number of amides is 1. The van der Waals surface area contributed by atoms with Gasteiger partial charge in [0.15, 0.2) is 0 Å². The van der Waals surface area contributed by atoms with E-state index < -0.39 is 0 Å². The molecule has 5 heteroatoms. The highest BCUT2D eigenvalue weighted by Gasteiger charge is 2.31. The second-order valence-electron chi connectivity index (χ2n) is 5.27. The molecular formula is C13H24N2O3. The molecule has 0 aromatic heterocycles. The van der Waals surface area contributed by atoms with E-state index in [1.165, 1.54) is 6.42 Å². The van der Waals surface area contributed by atoms with Gasteiger partial charge in [0.05, 0.1) is 6.10 Å². The van der Waals surface area contributed by atoms with Gasteiger partial charge >= 0.3 is 0 Å². The van der Waals surface area contributed by atoms with Gasteiger partial charge in [-0.15, -0.1) is 0 Å². The Labute approximate surface area is 109 Å². The lowest BCUT2D eigenvalue weighted by atomic mass is 9.91. The standard InChI is InChI=1S/C13H24N2O3/c1-18-10-13(17)15-8-6-14(7-9-15)11-4-2-3-5-12(11)16/h11-12,16H,2-10H2,1H3. The Bertz CT molecular complexity index is 277. The minimum absolute atomic E-state index is 0.0707. The molecule has 0 radical (unpaired) electrons. The molecule has 1 saturated carbocycles. The molecule has 0 spiro atoms. The largest absolute Gasteiger partial charge is 0.391 e. The highest BCUT2D eigenvalue weighted by Crippen LogP contribution is 2.24. The molecule has 2 aliphatic rings. The molecule has 1 aliphatic heterocycles. The van der Waals surface area contributed by atoms with E-state index in [1.54, 1.807) is 7.11 Å². The summed E-state index contributed by atoms with van der Waals surface area (Å²) < 4.78 is 4.87. The molecular weight excluding hydrogens is 232 g/mol. The van der Waals surface area contributed by atoms with E-state index in [-0.39, 0.29) is 18.6 Å². The molecule has 1 N–H and O–H groups in total. The fourth-order valence-corrected chi connectivity index (χ4v) is 3.04. The van der Waals surface area contributed by atoms with Gasteiger partial charge in [-0.2, -0.15) is 0 Å². The van der Waals surface area contributed by atoms with Crippen LogP contribution in [0.1, 0.15) is 25.7 Å². The van der Waals surface area contributed by atoms with Gasteiger partial charge in [0, 0.05) is 39.3 Å². The Morgan fingerprint density at radius 3 is 2.50 bits per heavy atom. The summed E-state index contributed by atoms with van der Waals surface area (Å²) in [5.74, 6) is 0.0707. The summed E-state index contributed by atoms with van der Waals surface area (Å²) in [6.45, 7) is 3.43. The van der Waals surface area contributed by atoms with Crippen LogP contribution >= 0.6 is 0 Å². The zero-order chi connectivity index (χ0) is 13.0. The molecule has 104 valence electrons. The molecule has 2 unspecified atom stereocenters. The zero-order valence-corrected chi connectivity index (χ0v) is 11.2. The number of carbonyl (C=O) groups is 1. The maximum absolute atomic E-state index is 11.7. The first-order valence-electron chi connectivity index (χ1n) is 6.91. The molecule has 1 heterocycles. The van der Waals surface area contributed by atoms with Gasteiger partial charge < -0.3 is 14.7 Å². The van der Waals surface area contributed by atoms with Crippen molar-refractivity contribution in [2.24, 2.45) is 0 Å². The molecule has 1 amide bonds. The van der Waals surface area contributed by atoms with Crippen LogP contribution in [0.15, 0.2) is 0 Å². The Hall–Kier alpha value is -0.650. The highest BCUT2D eigenvalue weighted by molar-refractivity contribution is 5.77. The first-order valence-corrected chi connectivity index (χ1v) is 6.91. The van der Waals surface area contributed by atoms with Crippen LogP contribution in [-0.4, -0.2) is 72.9 Å². The number of hydrogen-bond donors (Lipinski definition) is 1. The third-order valence-corrected chi connectivity index (χ3v) is 4.10. The number of ether oxygens (including phenoxy) is 1. The van der Waals surface area contributed by atoms with Gasteiger partial charge in [0.1, 0.15) is 6.61 Å². The van der Waals surface area contributed by atoms with E-state index in [9.17, 15) is 9.90 Å². The van der Waals surface area contributed by atoms with E-state index >= 15 is 0 Å². The summed E-state index contributed by atoms with van der Waals surface area (Å²) in [6, 6.07) is 0.304. The van der Waals surface area contributed by atoms with Crippen molar-refractivity contribution in [3.05, 3.63) is 0 Å². The van der Waals surface area contributed by atoms with Gasteiger partial charge in [0.2, 0.25) is 5.91 Å². The number of hydrogen-bond acceptors (Lipinski definition) is 4. The lowest BCUT2D eigenvalue weighted by Gasteiger charge is -2.42. The van der Waals surface area contributed by atoms with Crippen molar-refractivity contribution in [3.8, 4) is 0 Å². The van der Waals surface area contributed by atoms with E-state index in [2.05, 4.69) is 4.90 Å². The molecule has 2 atom stereocenters. The molecule has 1 saturated heterocycles. The van der Waals surface area contributed by atoms with E-state index in [1.807, 2.05) is 4.90 Å². The average Bonchev–Trinajstić information content (AvgIpc) is 2.40. The Morgan fingerprint density at radius 1 is 1.22 bits per heavy atom. The third-order valence-electron chi connectivity index (χ3n) is 4.10. The van der Waals surface area contributed by atoms with Crippen LogP contribution in [0.4, 0.5) is 0 Å². The normalized spacial score (nSPS) is 30.4. The van der Waals surface area contributed by atoms with Crippen molar-refractivity contribution in [1.82, 2.24) is 9.80 Å². The van der Waals surface area contributed by atoms with Gasteiger partial charge in [-0.1, -0.05) is 12.8 Å². The quantitative estimate of drug-likeness (QED) is 0.777. The van der Waals surface area contributed by atoms with Crippen molar-refractivity contribution < 1.29 is 14.6 Å². The molecule has 1 aliphatic carbocycles. The summed E-state index contributed by atoms with van der Waals surface area (Å²) in [4.78, 5) is 15.9. The summed E-state index contributed by atoms with van der Waals surface area (Å²) in [5, 5.41) is 10.0. The Morgan fingerprint density at radius 2 is 1.89 bits per heavy atom. The lowest BCUT2D eigenvalue weighted by molar-refractivity contribution is -0.137. The summed E-state index contributed by atoms with van der Waals surface area (Å²) in [7, 11) is 1.55. The number of methoxy groups -OCH3 is 1. The van der Waals surface area contributed by atoms with Gasteiger partial charge in [-0.05, 0) is 12.8 Å². The van der Waals surface area contributed by atoms with Crippen molar-refractivity contribution in [1.29, 1.82) is 0 Å². The zero-order valence-electron chi connectivity index (χ0n) is 11.2. The van der Waals surface area contributed by atoms with Crippen molar-refractivity contribution in [3.63, 3.8) is 0 Å². The van der Waals surface area contributed by atoms with E-state index in [0.717, 1.165) is 45.4 Å². The molecule has 0 bridgehead atoms. The minimum atomic E-state index is -0.181. The van der Waals surface area contributed by atoms with Crippen molar-refractivity contribution >= 4 is 5.91 Å². The molecule has 18 heavy (non-hydrogen) atoms. The van der Waals surface area contributed by atoms with Crippen LogP contribution in [-0.2, 0) is 9.53 Å². The molecule has 5 nitrogen and oxygen atoms in total. The summed E-state index contributed by atoms with van der Waals surface area (Å²) >= 11 is 0. The molecule has 2 rings (SSSR count). The van der Waals surface area contributed by atoms with Crippen molar-refractivity contribution in [2.45, 2.75) is 37.8 Å². The average molecular weight is 256 g/mol. The van der Waals surface area contributed by atoms with Gasteiger partial charge in [-0.25, -0.2) is 0 Å². The van der Waals surface area contributed by atoms with Crippen LogP contribution in [0.3, 0.4) is 0 Å². The van der Waals surface area contributed by atoms with Crippen LogP contribution in [0.2, 0.25) is 0 Å². The highest BCUT2D eigenvalue weighted by atomic mass is 16.5. The third kappa shape index (κ3) is 3.22. The predicted molar refractivity (Wildman–Crippen MR) is 68.3 cm³/mol. The number of aliphatic hydroxyl groups is 1. The van der Waals surface area contributed by atoms with Crippen LogP contribution < -0.4 is 0 Å². The second-order valence-corrected chi connectivity index (χ2v) is 5.27. The van der Waals surface area contributed by atoms with Crippen LogP contribution in [0.5, 0.6) is 0 Å². The first kappa shape index (κ1) is 13.8. The van der Waals surface area contributed by atoms with Gasteiger partial charge in [0.25, 0.3) is 0 Å². The number of aliphatic hydroxyl groups excluding tert-OH is 1. The van der Waals surface area contributed by atoms with Crippen molar-refractivity contribution in [2.75, 3.05) is 39.9 Å². The number of carbonyl (C=O) groups excluding carboxylic acids is 1. The van der Waals surface area contributed by atoms with Gasteiger partial charge in [-0.3, -0.25) is 9.69 Å². The fourth-order valence-electron chi connectivity index (χ4n) is 3.04. The Kier molecular flexibility index (Phi) is 4.97. The van der Waals surface area contributed by atoms with E-state index in [0.29, 0.717) is 6.04 Å². The smallest absolute Gasteiger partial charge is 0.248 e. The maximum Gasteiger partial charge on any atom is 0.248 e. The lowest BCUT2D eigenvalue weighted by Crippen LogP contribution is -2.55. The fraction of sp³-hybridized carbons (Fsp3) is 0.923. The molecule has 0 aromatic rings. The summed E-state index contributed by atoms with van der Waals surface area (Å²) in [6.07, 6.45) is 4.19. The Balaban J connectivity index is 1.80. The van der Waals surface area contributed by atoms with Crippen LogP contribution in [0, 0.1) is 0 Å². The SMILES string of the molecule is COCC(=O)N1CCN(C2CCCCC2O)CC1. The van der Waals surface area contributed by atoms with Crippen LogP contribution in [0.25, 0.3) is 0 Å². The predicted octanol–water partition coefficient (Wildman–Crippen LogP) is 0.0805. The number of nitrogens with zero attached hydrogens (tertiary/aromatic N) is 2. The number of piperazine rings is 1. The molecule has 2 fully saturated rings. The van der Waals surface area contributed by atoms with E-state index in [4.69, 9.17) is 4.74 Å². The minimum Gasteiger partial charge on any atom is -0.391 e. The first-order chi connectivity index (χ1) is 8.72. The second kappa shape index (κ2) is 6.50. The molecule has 0 aromatic carbocycles. The number of rotatable bonds is 3. The maximum atomic E-state index is 11.7. The topological polar surface area (TPSA) is 53.0 Å².